The molecule has 0 saturated heterocycles. The standard InChI is InChI=1S/C16H24O2/c1-3-5-16(18)10-14-8-11-6-12(14)7-13(11)9-15(17)4-2/h3,5,11-14H,4,6-10H2,1-2H3/b5-3-. The molecule has 2 aliphatic rings. The zero-order valence-corrected chi connectivity index (χ0v) is 11.5. The summed E-state index contributed by atoms with van der Waals surface area (Å²) in [5.74, 6) is 3.32. The number of carbonyl (C=O) groups is 2. The number of ketones is 2. The number of hydrogen-bond donors (Lipinski definition) is 0. The van der Waals surface area contributed by atoms with E-state index < -0.39 is 0 Å². The lowest BCUT2D eigenvalue weighted by molar-refractivity contribution is -0.120. The van der Waals surface area contributed by atoms with Gasteiger partial charge in [-0.25, -0.2) is 0 Å². The maximum atomic E-state index is 11.6. The van der Waals surface area contributed by atoms with Gasteiger partial charge in [0.1, 0.15) is 5.78 Å². The van der Waals surface area contributed by atoms with Gasteiger partial charge in [-0.2, -0.15) is 0 Å². The highest BCUT2D eigenvalue weighted by Crippen LogP contribution is 2.54. The van der Waals surface area contributed by atoms with Gasteiger partial charge in [-0.05, 0) is 55.9 Å². The van der Waals surface area contributed by atoms with Crippen LogP contribution in [0.4, 0.5) is 0 Å². The fourth-order valence-electron chi connectivity index (χ4n) is 3.96. The van der Waals surface area contributed by atoms with Gasteiger partial charge in [-0.15, -0.1) is 0 Å². The number of rotatable bonds is 6. The molecule has 0 amide bonds. The third kappa shape index (κ3) is 2.90. The van der Waals surface area contributed by atoms with Gasteiger partial charge >= 0.3 is 0 Å². The summed E-state index contributed by atoms with van der Waals surface area (Å²) < 4.78 is 0. The highest BCUT2D eigenvalue weighted by atomic mass is 16.1. The Morgan fingerprint density at radius 1 is 1.06 bits per heavy atom. The van der Waals surface area contributed by atoms with E-state index in [2.05, 4.69) is 0 Å². The Kier molecular flexibility index (Phi) is 4.36. The lowest BCUT2D eigenvalue weighted by Crippen LogP contribution is -2.21. The minimum Gasteiger partial charge on any atom is -0.300 e. The zero-order chi connectivity index (χ0) is 13.1. The molecule has 0 spiro atoms. The summed E-state index contributed by atoms with van der Waals surface area (Å²) in [5.41, 5.74) is 0. The minimum absolute atomic E-state index is 0.274. The number of allylic oxidation sites excluding steroid dienone is 2. The van der Waals surface area contributed by atoms with E-state index in [0.29, 0.717) is 35.9 Å². The van der Waals surface area contributed by atoms with Crippen LogP contribution in [0.5, 0.6) is 0 Å². The highest BCUT2D eigenvalue weighted by Gasteiger charge is 2.45. The molecule has 0 heterocycles. The van der Waals surface area contributed by atoms with Crippen LogP contribution >= 0.6 is 0 Å². The molecule has 2 bridgehead atoms. The summed E-state index contributed by atoms with van der Waals surface area (Å²) in [6.45, 7) is 3.85. The largest absolute Gasteiger partial charge is 0.300 e. The molecule has 0 radical (unpaired) electrons. The normalized spacial score (nSPS) is 34.3. The summed E-state index contributed by atoms with van der Waals surface area (Å²) in [6.07, 6.45) is 9.34. The van der Waals surface area contributed by atoms with Crippen molar-refractivity contribution in [3.63, 3.8) is 0 Å². The van der Waals surface area contributed by atoms with E-state index in [1.807, 2.05) is 19.9 Å². The van der Waals surface area contributed by atoms with Crippen molar-refractivity contribution in [3.05, 3.63) is 12.2 Å². The van der Waals surface area contributed by atoms with Gasteiger partial charge in [0.05, 0.1) is 0 Å². The minimum atomic E-state index is 0.274. The molecule has 2 rings (SSSR count). The Morgan fingerprint density at radius 3 is 2.17 bits per heavy atom. The second kappa shape index (κ2) is 5.81. The Morgan fingerprint density at radius 2 is 1.67 bits per heavy atom. The van der Waals surface area contributed by atoms with Gasteiger partial charge in [0.25, 0.3) is 0 Å². The molecule has 4 unspecified atom stereocenters. The molecular formula is C16H24O2. The summed E-state index contributed by atoms with van der Waals surface area (Å²) in [5, 5.41) is 0. The zero-order valence-electron chi connectivity index (χ0n) is 11.5. The number of carbonyl (C=O) groups excluding carboxylic acids is 2. The molecule has 0 aromatic heterocycles. The molecule has 18 heavy (non-hydrogen) atoms. The maximum Gasteiger partial charge on any atom is 0.155 e. The van der Waals surface area contributed by atoms with E-state index in [1.54, 1.807) is 6.08 Å². The van der Waals surface area contributed by atoms with E-state index in [4.69, 9.17) is 0 Å². The van der Waals surface area contributed by atoms with E-state index in [1.165, 1.54) is 19.3 Å². The second-order valence-corrected chi connectivity index (χ2v) is 6.01. The van der Waals surface area contributed by atoms with Crippen molar-refractivity contribution in [3.8, 4) is 0 Å². The first-order valence-corrected chi connectivity index (χ1v) is 7.31. The Hall–Kier alpha value is -0.920. The third-order valence-corrected chi connectivity index (χ3v) is 4.85. The SMILES string of the molecule is C/C=C\C(=O)CC1CC2CC1CC2CC(=O)CC. The van der Waals surface area contributed by atoms with Gasteiger partial charge in [0.15, 0.2) is 5.78 Å². The van der Waals surface area contributed by atoms with E-state index in [9.17, 15) is 9.59 Å². The lowest BCUT2D eigenvalue weighted by atomic mass is 9.78. The molecule has 2 aliphatic carbocycles. The topological polar surface area (TPSA) is 34.1 Å². The van der Waals surface area contributed by atoms with E-state index >= 15 is 0 Å². The summed E-state index contributed by atoms with van der Waals surface area (Å²) in [4.78, 5) is 23.2. The van der Waals surface area contributed by atoms with Crippen LogP contribution in [0.1, 0.15) is 52.4 Å². The lowest BCUT2D eigenvalue weighted by Gasteiger charge is -2.27. The Balaban J connectivity index is 1.83. The number of hydrogen-bond acceptors (Lipinski definition) is 2. The van der Waals surface area contributed by atoms with Gasteiger partial charge in [0, 0.05) is 19.3 Å². The van der Waals surface area contributed by atoms with Crippen molar-refractivity contribution in [2.45, 2.75) is 52.4 Å². The van der Waals surface area contributed by atoms with Crippen molar-refractivity contribution >= 4 is 11.6 Å². The van der Waals surface area contributed by atoms with Gasteiger partial charge in [0.2, 0.25) is 0 Å². The van der Waals surface area contributed by atoms with Gasteiger partial charge in [-0.3, -0.25) is 9.59 Å². The monoisotopic (exact) mass is 248 g/mol. The molecule has 2 fully saturated rings. The average molecular weight is 248 g/mol. The third-order valence-electron chi connectivity index (χ3n) is 4.85. The highest BCUT2D eigenvalue weighted by molar-refractivity contribution is 5.89. The maximum absolute atomic E-state index is 11.6. The van der Waals surface area contributed by atoms with Gasteiger partial charge in [-0.1, -0.05) is 13.0 Å². The second-order valence-electron chi connectivity index (χ2n) is 6.01. The van der Waals surface area contributed by atoms with E-state index in [0.717, 1.165) is 12.8 Å². The molecule has 0 aliphatic heterocycles. The Labute approximate surface area is 110 Å². The van der Waals surface area contributed by atoms with Crippen molar-refractivity contribution in [2.75, 3.05) is 0 Å². The van der Waals surface area contributed by atoms with Crippen LogP contribution in [0.2, 0.25) is 0 Å². The van der Waals surface area contributed by atoms with Crippen molar-refractivity contribution < 1.29 is 9.59 Å². The smallest absolute Gasteiger partial charge is 0.155 e. The Bertz CT molecular complexity index is 356. The molecule has 2 nitrogen and oxygen atoms in total. The summed E-state index contributed by atoms with van der Waals surface area (Å²) >= 11 is 0. The average Bonchev–Trinajstić information content (AvgIpc) is 2.88. The summed E-state index contributed by atoms with van der Waals surface area (Å²) in [6, 6.07) is 0. The predicted octanol–water partition coefficient (Wildman–Crippen LogP) is 3.55. The van der Waals surface area contributed by atoms with Gasteiger partial charge < -0.3 is 0 Å². The predicted molar refractivity (Wildman–Crippen MR) is 72.2 cm³/mol. The molecule has 4 atom stereocenters. The van der Waals surface area contributed by atoms with Crippen LogP contribution in [0.3, 0.4) is 0 Å². The molecular weight excluding hydrogens is 224 g/mol. The fourth-order valence-corrected chi connectivity index (χ4v) is 3.96. The van der Waals surface area contributed by atoms with E-state index in [-0.39, 0.29) is 5.78 Å². The summed E-state index contributed by atoms with van der Waals surface area (Å²) in [7, 11) is 0. The van der Waals surface area contributed by atoms with Crippen LogP contribution in [0, 0.1) is 23.7 Å². The quantitative estimate of drug-likeness (QED) is 0.674. The van der Waals surface area contributed by atoms with Crippen molar-refractivity contribution in [1.82, 2.24) is 0 Å². The first kappa shape index (κ1) is 13.5. The first-order valence-electron chi connectivity index (χ1n) is 7.31. The molecule has 2 heteroatoms. The number of Topliss-reactive ketones (excluding diaryl/α,β-unsaturated/α-hetero) is 1. The number of fused-ring (bicyclic) bond motifs is 2. The van der Waals surface area contributed by atoms with Crippen LogP contribution in [0.15, 0.2) is 12.2 Å². The van der Waals surface area contributed by atoms with Crippen LogP contribution in [-0.4, -0.2) is 11.6 Å². The molecule has 0 aromatic carbocycles. The molecule has 2 saturated carbocycles. The van der Waals surface area contributed by atoms with Crippen LogP contribution in [-0.2, 0) is 9.59 Å². The van der Waals surface area contributed by atoms with Crippen LogP contribution in [0.25, 0.3) is 0 Å². The molecule has 0 N–H and O–H groups in total. The first-order chi connectivity index (χ1) is 8.63. The van der Waals surface area contributed by atoms with Crippen molar-refractivity contribution in [1.29, 1.82) is 0 Å². The van der Waals surface area contributed by atoms with Crippen molar-refractivity contribution in [2.24, 2.45) is 23.7 Å². The molecule has 100 valence electrons. The molecule has 0 aromatic rings. The fraction of sp³-hybridized carbons (Fsp3) is 0.750. The van der Waals surface area contributed by atoms with Crippen LogP contribution < -0.4 is 0 Å².